The molecule has 3 aromatic rings. The highest BCUT2D eigenvalue weighted by atomic mass is 32.1. The van der Waals surface area contributed by atoms with Crippen LogP contribution in [0.15, 0.2) is 46.9 Å². The number of para-hydroxylation sites is 1. The summed E-state index contributed by atoms with van der Waals surface area (Å²) in [6.07, 6.45) is 6.64. The van der Waals surface area contributed by atoms with Crippen molar-refractivity contribution in [3.63, 3.8) is 0 Å². The van der Waals surface area contributed by atoms with E-state index < -0.39 is 0 Å². The van der Waals surface area contributed by atoms with Crippen molar-refractivity contribution in [2.75, 3.05) is 6.54 Å². The molecule has 2 aliphatic rings. The van der Waals surface area contributed by atoms with E-state index in [1.807, 2.05) is 35.2 Å². The monoisotopic (exact) mass is 378 g/mol. The van der Waals surface area contributed by atoms with Crippen LogP contribution in [0.25, 0.3) is 16.3 Å². The lowest BCUT2D eigenvalue weighted by Crippen LogP contribution is -2.28. The van der Waals surface area contributed by atoms with Gasteiger partial charge in [-0.05, 0) is 55.5 Å². The lowest BCUT2D eigenvalue weighted by molar-refractivity contribution is -0.126. The molecule has 3 atom stereocenters. The first-order valence-corrected chi connectivity index (χ1v) is 10.4. The maximum atomic E-state index is 12.8. The summed E-state index contributed by atoms with van der Waals surface area (Å²) in [5.41, 5.74) is 1.02. The Bertz CT molecular complexity index is 985. The second kappa shape index (κ2) is 6.64. The van der Waals surface area contributed by atoms with E-state index in [2.05, 4.69) is 13.0 Å². The summed E-state index contributed by atoms with van der Waals surface area (Å²) in [6, 6.07) is 12.2. The number of fused-ring (bicyclic) bond motifs is 1. The number of hydrogen-bond donors (Lipinski definition) is 0. The average Bonchev–Trinajstić information content (AvgIpc) is 3.13. The van der Waals surface area contributed by atoms with Gasteiger partial charge in [0, 0.05) is 18.5 Å². The van der Waals surface area contributed by atoms with Crippen molar-refractivity contribution in [3.05, 3.63) is 59.0 Å². The minimum atomic E-state index is 0.0366. The van der Waals surface area contributed by atoms with Crippen LogP contribution in [0.1, 0.15) is 54.7 Å². The Morgan fingerprint density at radius 1 is 1.30 bits per heavy atom. The zero-order valence-electron chi connectivity index (χ0n) is 15.3. The van der Waals surface area contributed by atoms with Gasteiger partial charge in [-0.15, -0.1) is 11.3 Å². The number of thiazole rings is 1. The molecule has 0 bridgehead atoms. The molecule has 3 unspecified atom stereocenters. The zero-order chi connectivity index (χ0) is 18.4. The third-order valence-corrected chi connectivity index (χ3v) is 6.78. The van der Waals surface area contributed by atoms with Crippen molar-refractivity contribution in [1.82, 2.24) is 9.88 Å². The number of furan rings is 1. The molecule has 27 heavy (non-hydrogen) atoms. The summed E-state index contributed by atoms with van der Waals surface area (Å²) in [7, 11) is 0. The van der Waals surface area contributed by atoms with Crippen LogP contribution in [-0.2, 0) is 4.79 Å². The van der Waals surface area contributed by atoms with Crippen molar-refractivity contribution >= 4 is 33.5 Å². The number of amides is 1. The van der Waals surface area contributed by atoms with E-state index in [4.69, 9.17) is 9.40 Å². The number of aromatic nitrogens is 1. The molecular weight excluding hydrogens is 356 g/mol. The van der Waals surface area contributed by atoms with Gasteiger partial charge in [0.05, 0.1) is 16.3 Å². The number of benzene rings is 1. The maximum Gasteiger partial charge on any atom is 0.247 e. The minimum Gasteiger partial charge on any atom is -0.461 e. The molecule has 1 amide bonds. The van der Waals surface area contributed by atoms with Crippen molar-refractivity contribution in [3.8, 4) is 0 Å². The van der Waals surface area contributed by atoms with Gasteiger partial charge in [0.1, 0.15) is 16.5 Å². The van der Waals surface area contributed by atoms with Gasteiger partial charge in [0.15, 0.2) is 0 Å². The highest BCUT2D eigenvalue weighted by Crippen LogP contribution is 2.47. The van der Waals surface area contributed by atoms with Crippen molar-refractivity contribution < 1.29 is 9.21 Å². The number of likely N-dealkylation sites (tertiary alicyclic amines) is 1. The van der Waals surface area contributed by atoms with Crippen LogP contribution in [0.4, 0.5) is 0 Å². The van der Waals surface area contributed by atoms with E-state index >= 15 is 0 Å². The van der Waals surface area contributed by atoms with Gasteiger partial charge in [0.25, 0.3) is 0 Å². The fourth-order valence-corrected chi connectivity index (χ4v) is 5.06. The van der Waals surface area contributed by atoms with Gasteiger partial charge in [0.2, 0.25) is 5.91 Å². The molecule has 2 aromatic heterocycles. The molecular formula is C22H22N2O2S. The third kappa shape index (κ3) is 3.21. The third-order valence-electron chi connectivity index (χ3n) is 5.64. The summed E-state index contributed by atoms with van der Waals surface area (Å²) in [5, 5.41) is 1.04. The molecule has 5 heteroatoms. The predicted octanol–water partition coefficient (Wildman–Crippen LogP) is 5.39. The maximum absolute atomic E-state index is 12.8. The SMILES string of the molecule is CC1CC1c1ccc(/C=C/C(=O)N2CCCC2c2nc3ccccc3s2)o1. The molecule has 0 spiro atoms. The molecule has 1 aromatic carbocycles. The van der Waals surface area contributed by atoms with E-state index in [1.54, 1.807) is 23.5 Å². The summed E-state index contributed by atoms with van der Waals surface area (Å²) in [4.78, 5) is 19.5. The van der Waals surface area contributed by atoms with E-state index in [0.717, 1.165) is 41.4 Å². The van der Waals surface area contributed by atoms with Gasteiger partial charge in [-0.1, -0.05) is 19.1 Å². The van der Waals surface area contributed by atoms with Crippen LogP contribution in [0.5, 0.6) is 0 Å². The number of carbonyl (C=O) groups excluding carboxylic acids is 1. The highest BCUT2D eigenvalue weighted by Gasteiger charge is 2.36. The van der Waals surface area contributed by atoms with Gasteiger partial charge < -0.3 is 9.32 Å². The molecule has 1 aliphatic heterocycles. The van der Waals surface area contributed by atoms with Crippen LogP contribution in [0.2, 0.25) is 0 Å². The van der Waals surface area contributed by atoms with E-state index in [1.165, 1.54) is 11.1 Å². The molecule has 1 saturated heterocycles. The largest absolute Gasteiger partial charge is 0.461 e. The second-order valence-corrected chi connectivity index (χ2v) is 8.66. The Hall–Kier alpha value is -2.40. The number of nitrogens with zero attached hydrogens (tertiary/aromatic N) is 2. The number of carbonyl (C=O) groups is 1. The standard InChI is InChI=1S/C22H22N2O2S/c1-14-13-16(14)19-10-8-15(26-19)9-11-21(25)24-12-4-6-18(24)22-23-17-5-2-3-7-20(17)27-22/h2-3,5,7-11,14,16,18H,4,6,12-13H2,1H3/b11-9+. The Labute approximate surface area is 162 Å². The fourth-order valence-electron chi connectivity index (χ4n) is 3.94. The molecule has 0 radical (unpaired) electrons. The first kappa shape index (κ1) is 16.8. The molecule has 4 nitrogen and oxygen atoms in total. The van der Waals surface area contributed by atoms with Crippen LogP contribution >= 0.6 is 11.3 Å². The number of hydrogen-bond acceptors (Lipinski definition) is 4. The summed E-state index contributed by atoms with van der Waals surface area (Å²) in [6.45, 7) is 3.02. The topological polar surface area (TPSA) is 46.3 Å². The second-order valence-electron chi connectivity index (χ2n) is 7.60. The van der Waals surface area contributed by atoms with Crippen LogP contribution in [-0.4, -0.2) is 22.3 Å². The van der Waals surface area contributed by atoms with Gasteiger partial charge >= 0.3 is 0 Å². The molecule has 1 saturated carbocycles. The number of rotatable bonds is 4. The Morgan fingerprint density at radius 3 is 2.96 bits per heavy atom. The first-order valence-electron chi connectivity index (χ1n) is 9.63. The first-order chi connectivity index (χ1) is 13.2. The van der Waals surface area contributed by atoms with Gasteiger partial charge in [-0.25, -0.2) is 4.98 Å². The smallest absolute Gasteiger partial charge is 0.247 e. The summed E-state index contributed by atoms with van der Waals surface area (Å²) in [5.74, 6) is 3.12. The van der Waals surface area contributed by atoms with Crippen molar-refractivity contribution in [2.24, 2.45) is 5.92 Å². The highest BCUT2D eigenvalue weighted by molar-refractivity contribution is 7.18. The summed E-state index contributed by atoms with van der Waals surface area (Å²) < 4.78 is 7.05. The predicted molar refractivity (Wildman–Crippen MR) is 108 cm³/mol. The molecule has 5 rings (SSSR count). The molecule has 138 valence electrons. The van der Waals surface area contributed by atoms with E-state index in [9.17, 15) is 4.79 Å². The van der Waals surface area contributed by atoms with Crippen LogP contribution in [0, 0.1) is 5.92 Å². The van der Waals surface area contributed by atoms with Crippen molar-refractivity contribution in [2.45, 2.75) is 38.1 Å². The lowest BCUT2D eigenvalue weighted by atomic mass is 10.2. The molecule has 0 N–H and O–H groups in total. The molecule has 2 fully saturated rings. The minimum absolute atomic E-state index is 0.0366. The van der Waals surface area contributed by atoms with E-state index in [-0.39, 0.29) is 11.9 Å². The zero-order valence-corrected chi connectivity index (χ0v) is 16.1. The molecule has 3 heterocycles. The normalized spacial score (nSPS) is 24.9. The Balaban J connectivity index is 1.32. The fraction of sp³-hybridized carbons (Fsp3) is 0.364. The van der Waals surface area contributed by atoms with Crippen molar-refractivity contribution in [1.29, 1.82) is 0 Å². The summed E-state index contributed by atoms with van der Waals surface area (Å²) >= 11 is 1.70. The van der Waals surface area contributed by atoms with E-state index in [0.29, 0.717) is 11.8 Å². The Morgan fingerprint density at radius 2 is 2.15 bits per heavy atom. The Kier molecular flexibility index (Phi) is 4.12. The van der Waals surface area contributed by atoms with Crippen LogP contribution < -0.4 is 0 Å². The average molecular weight is 378 g/mol. The quantitative estimate of drug-likeness (QED) is 0.572. The van der Waals surface area contributed by atoms with Gasteiger partial charge in [-0.2, -0.15) is 0 Å². The van der Waals surface area contributed by atoms with Gasteiger partial charge in [-0.3, -0.25) is 4.79 Å². The van der Waals surface area contributed by atoms with Crippen LogP contribution in [0.3, 0.4) is 0 Å². The molecule has 1 aliphatic carbocycles. The lowest BCUT2D eigenvalue weighted by Gasteiger charge is -2.21.